The van der Waals surface area contributed by atoms with E-state index >= 15 is 0 Å². The monoisotopic (exact) mass is 170 g/mol. The molecule has 0 bridgehead atoms. The van der Waals surface area contributed by atoms with Crippen molar-refractivity contribution in [2.24, 2.45) is 0 Å². The van der Waals surface area contributed by atoms with Crippen molar-refractivity contribution in [3.63, 3.8) is 0 Å². The van der Waals surface area contributed by atoms with E-state index < -0.39 is 0 Å². The molecule has 0 aromatic rings. The summed E-state index contributed by atoms with van der Waals surface area (Å²) >= 11 is 0. The molecule has 0 atom stereocenters. The highest BCUT2D eigenvalue weighted by atomic mass is 16.5. The molecule has 12 heavy (non-hydrogen) atoms. The van der Waals surface area contributed by atoms with Crippen molar-refractivity contribution in [2.45, 2.75) is 20.8 Å². The fraction of sp³-hybridized carbons (Fsp3) is 0.444. The molecule has 0 radical (unpaired) electrons. The lowest BCUT2D eigenvalue weighted by atomic mass is 10.1. The second-order valence-electron chi connectivity index (χ2n) is 2.37. The Kier molecular flexibility index (Phi) is 4.11. The third kappa shape index (κ3) is 2.42. The lowest BCUT2D eigenvalue weighted by Crippen LogP contribution is -2.04. The first-order valence-corrected chi connectivity index (χ1v) is 3.66. The number of allylic oxidation sites excluding steroid dienone is 3. The Labute approximate surface area is 72.3 Å². The van der Waals surface area contributed by atoms with Crippen LogP contribution in [0.4, 0.5) is 0 Å². The van der Waals surface area contributed by atoms with Crippen LogP contribution in [0.15, 0.2) is 23.2 Å². The van der Waals surface area contributed by atoms with E-state index in [4.69, 9.17) is 9.84 Å². The molecule has 0 aromatic heterocycles. The summed E-state index contributed by atoms with van der Waals surface area (Å²) in [5, 5.41) is 9.15. The third-order valence-electron chi connectivity index (χ3n) is 1.44. The van der Waals surface area contributed by atoms with Crippen LogP contribution in [0.2, 0.25) is 0 Å². The molecule has 0 aliphatic rings. The number of hydrogen-bond acceptors (Lipinski definition) is 3. The molecular weight excluding hydrogens is 156 g/mol. The van der Waals surface area contributed by atoms with Gasteiger partial charge >= 0.3 is 0 Å². The lowest BCUT2D eigenvalue weighted by Gasteiger charge is -2.07. The van der Waals surface area contributed by atoms with Gasteiger partial charge in [0, 0.05) is 0 Å². The van der Waals surface area contributed by atoms with E-state index in [2.05, 4.69) is 0 Å². The van der Waals surface area contributed by atoms with Crippen LogP contribution in [0.3, 0.4) is 0 Å². The van der Waals surface area contributed by atoms with Crippen LogP contribution in [-0.2, 0) is 9.53 Å². The molecule has 1 N–H and O–H groups in total. The standard InChI is InChI=1S/C9H14O3/c1-5-8(12-4)9(6(2)10)7(3)11/h5,10H,1-4H3/b8-5+,9-6+. The van der Waals surface area contributed by atoms with Crippen LogP contribution < -0.4 is 0 Å². The zero-order valence-corrected chi connectivity index (χ0v) is 7.84. The van der Waals surface area contributed by atoms with E-state index in [0.29, 0.717) is 5.76 Å². The van der Waals surface area contributed by atoms with Crippen molar-refractivity contribution >= 4 is 5.78 Å². The number of methoxy groups -OCH3 is 1. The molecule has 0 spiro atoms. The van der Waals surface area contributed by atoms with Gasteiger partial charge in [0.1, 0.15) is 11.5 Å². The quantitative estimate of drug-likeness (QED) is 0.400. The van der Waals surface area contributed by atoms with Gasteiger partial charge in [0.2, 0.25) is 0 Å². The highest BCUT2D eigenvalue weighted by Crippen LogP contribution is 2.14. The first-order valence-electron chi connectivity index (χ1n) is 3.66. The average molecular weight is 170 g/mol. The highest BCUT2D eigenvalue weighted by Gasteiger charge is 2.13. The number of aliphatic hydroxyl groups excluding tert-OH is 1. The second kappa shape index (κ2) is 4.59. The van der Waals surface area contributed by atoms with Crippen molar-refractivity contribution in [3.8, 4) is 0 Å². The minimum atomic E-state index is -0.204. The number of ether oxygens (including phenoxy) is 1. The number of rotatable bonds is 3. The van der Waals surface area contributed by atoms with E-state index in [-0.39, 0.29) is 17.1 Å². The van der Waals surface area contributed by atoms with Crippen LogP contribution in [0.5, 0.6) is 0 Å². The normalized spacial score (nSPS) is 13.8. The van der Waals surface area contributed by atoms with Gasteiger partial charge in [-0.15, -0.1) is 0 Å². The smallest absolute Gasteiger partial charge is 0.166 e. The van der Waals surface area contributed by atoms with Crippen molar-refractivity contribution in [2.75, 3.05) is 7.11 Å². The zero-order chi connectivity index (χ0) is 9.72. The van der Waals surface area contributed by atoms with Crippen molar-refractivity contribution in [1.29, 1.82) is 0 Å². The van der Waals surface area contributed by atoms with Crippen LogP contribution >= 0.6 is 0 Å². The lowest BCUT2D eigenvalue weighted by molar-refractivity contribution is -0.113. The van der Waals surface area contributed by atoms with Gasteiger partial charge < -0.3 is 9.84 Å². The molecule has 0 saturated carbocycles. The van der Waals surface area contributed by atoms with Crippen LogP contribution in [0.25, 0.3) is 0 Å². The SMILES string of the molecule is C/C=C(OC)\C(C(C)=O)=C(/C)O. The van der Waals surface area contributed by atoms with Gasteiger partial charge in [-0.05, 0) is 26.8 Å². The number of Topliss-reactive ketones (excluding diaryl/α,β-unsaturated/α-hetero) is 1. The molecule has 0 fully saturated rings. The molecule has 3 heteroatoms. The van der Waals surface area contributed by atoms with E-state index in [9.17, 15) is 4.79 Å². The molecule has 0 aliphatic carbocycles. The van der Waals surface area contributed by atoms with Crippen molar-refractivity contribution < 1.29 is 14.6 Å². The summed E-state index contributed by atoms with van der Waals surface area (Å²) in [7, 11) is 1.46. The predicted octanol–water partition coefficient (Wildman–Crippen LogP) is 1.96. The first kappa shape index (κ1) is 10.8. The number of hydrogen-bond donors (Lipinski definition) is 1. The van der Waals surface area contributed by atoms with Gasteiger partial charge in [-0.25, -0.2) is 0 Å². The van der Waals surface area contributed by atoms with Gasteiger partial charge in [-0.2, -0.15) is 0 Å². The topological polar surface area (TPSA) is 46.5 Å². The predicted molar refractivity (Wildman–Crippen MR) is 46.8 cm³/mol. The summed E-state index contributed by atoms with van der Waals surface area (Å²) in [6, 6.07) is 0. The Balaban J connectivity index is 5.03. The number of ketones is 1. The van der Waals surface area contributed by atoms with E-state index in [0.717, 1.165) is 0 Å². The molecule has 0 aliphatic heterocycles. The highest BCUT2D eigenvalue weighted by molar-refractivity contribution is 5.97. The third-order valence-corrected chi connectivity index (χ3v) is 1.44. The fourth-order valence-electron chi connectivity index (χ4n) is 0.971. The number of carbonyl (C=O) groups excluding carboxylic acids is 1. The van der Waals surface area contributed by atoms with Crippen LogP contribution in [0.1, 0.15) is 20.8 Å². The molecule has 0 heterocycles. The summed E-state index contributed by atoms with van der Waals surface area (Å²) in [5.41, 5.74) is 0.236. The van der Waals surface area contributed by atoms with Gasteiger partial charge in [-0.1, -0.05) is 0 Å². The van der Waals surface area contributed by atoms with Gasteiger partial charge in [-0.3, -0.25) is 4.79 Å². The second-order valence-corrected chi connectivity index (χ2v) is 2.37. The summed E-state index contributed by atoms with van der Waals surface area (Å²) in [6.45, 7) is 4.58. The molecule has 3 nitrogen and oxygen atoms in total. The molecule has 0 unspecified atom stereocenters. The summed E-state index contributed by atoms with van der Waals surface area (Å²) in [6.07, 6.45) is 1.64. The number of carbonyl (C=O) groups is 1. The Bertz CT molecular complexity index is 232. The average Bonchev–Trinajstić information content (AvgIpc) is 1.98. The van der Waals surface area contributed by atoms with Crippen molar-refractivity contribution in [1.82, 2.24) is 0 Å². The Morgan fingerprint density at radius 1 is 1.42 bits per heavy atom. The number of aliphatic hydroxyl groups is 1. The van der Waals surface area contributed by atoms with Crippen LogP contribution in [0, 0.1) is 0 Å². The minimum Gasteiger partial charge on any atom is -0.512 e. The molecule has 0 amide bonds. The maximum atomic E-state index is 11.0. The van der Waals surface area contributed by atoms with Gasteiger partial charge in [0.15, 0.2) is 5.78 Å². The molecule has 68 valence electrons. The van der Waals surface area contributed by atoms with E-state index in [1.807, 2.05) is 0 Å². The first-order chi connectivity index (χ1) is 5.54. The maximum absolute atomic E-state index is 11.0. The molecular formula is C9H14O3. The summed E-state index contributed by atoms with van der Waals surface area (Å²) in [4.78, 5) is 11.0. The maximum Gasteiger partial charge on any atom is 0.166 e. The zero-order valence-electron chi connectivity index (χ0n) is 7.84. The molecule has 0 saturated heterocycles. The van der Waals surface area contributed by atoms with E-state index in [1.54, 1.807) is 13.0 Å². The molecule has 0 rings (SSSR count). The van der Waals surface area contributed by atoms with Gasteiger partial charge in [0.25, 0.3) is 0 Å². The van der Waals surface area contributed by atoms with Gasteiger partial charge in [0.05, 0.1) is 12.7 Å². The largest absolute Gasteiger partial charge is 0.512 e. The minimum absolute atomic E-state index is 0.0162. The fourth-order valence-corrected chi connectivity index (χ4v) is 0.971. The summed E-state index contributed by atoms with van der Waals surface area (Å²) in [5.74, 6) is 0.185. The Morgan fingerprint density at radius 3 is 2.00 bits per heavy atom. The Hall–Kier alpha value is -1.25. The molecule has 0 aromatic carbocycles. The Morgan fingerprint density at radius 2 is 1.92 bits per heavy atom. The summed E-state index contributed by atoms with van der Waals surface area (Å²) < 4.78 is 4.91. The van der Waals surface area contributed by atoms with Crippen molar-refractivity contribution in [3.05, 3.63) is 23.2 Å². The van der Waals surface area contributed by atoms with Crippen LogP contribution in [-0.4, -0.2) is 18.0 Å². The van der Waals surface area contributed by atoms with E-state index in [1.165, 1.54) is 21.0 Å².